The Balaban J connectivity index is 1.17. The molecule has 0 aromatic heterocycles. The molecule has 13 nitrogen and oxygen atoms in total. The number of rotatable bonds is 19. The fraction of sp³-hybridized carbons (Fsp3) is 0.491. The maximum absolute atomic E-state index is 13.1. The molecule has 68 heavy (non-hydrogen) atoms. The molecule has 0 spiro atoms. The number of aromatic hydroxyl groups is 3. The molecule has 2 heterocycles. The van der Waals surface area contributed by atoms with Gasteiger partial charge in [0, 0.05) is 72.6 Å². The zero-order valence-electron chi connectivity index (χ0n) is 39.0. The van der Waals surface area contributed by atoms with E-state index >= 15 is 0 Å². The first-order valence-electron chi connectivity index (χ1n) is 24.7. The Hall–Kier alpha value is -5.28. The third-order valence-electron chi connectivity index (χ3n) is 14.4. The van der Waals surface area contributed by atoms with E-state index in [9.17, 15) is 30.6 Å². The first-order chi connectivity index (χ1) is 33.2. The zero-order valence-corrected chi connectivity index (χ0v) is 39.0. The summed E-state index contributed by atoms with van der Waals surface area (Å²) in [5.74, 6) is 1.64. The van der Waals surface area contributed by atoms with E-state index in [1.54, 1.807) is 49.6 Å². The number of fused-ring (bicyclic) bond motifs is 4. The average Bonchev–Trinajstić information content (AvgIpc) is 3.85. The first-order valence-corrected chi connectivity index (χ1v) is 24.7. The van der Waals surface area contributed by atoms with Gasteiger partial charge >= 0.3 is 0 Å². The van der Waals surface area contributed by atoms with E-state index in [0.29, 0.717) is 54.4 Å². The van der Waals surface area contributed by atoms with Crippen LogP contribution < -0.4 is 24.3 Å². The number of phenolic OH excluding ortho intramolecular Hbond substituents is 3. The second kappa shape index (κ2) is 22.0. The number of hydrogen-bond donors (Lipinski definition) is 7. The van der Waals surface area contributed by atoms with Gasteiger partial charge in [-0.05, 0) is 148 Å². The van der Waals surface area contributed by atoms with Crippen LogP contribution in [0.3, 0.4) is 0 Å². The Morgan fingerprint density at radius 1 is 0.750 bits per heavy atom. The summed E-state index contributed by atoms with van der Waals surface area (Å²) in [5.41, 5.74) is 4.53. The summed E-state index contributed by atoms with van der Waals surface area (Å²) < 4.78 is 40.5. The van der Waals surface area contributed by atoms with Crippen molar-refractivity contribution in [2.45, 2.75) is 120 Å². The summed E-state index contributed by atoms with van der Waals surface area (Å²) in [5, 5.41) is 69.8. The number of phenols is 3. The lowest BCUT2D eigenvalue weighted by Gasteiger charge is -2.47. The lowest BCUT2D eigenvalue weighted by molar-refractivity contribution is -0.135. The monoisotopic (exact) mass is 933 g/mol. The van der Waals surface area contributed by atoms with Crippen molar-refractivity contribution in [2.24, 2.45) is 11.8 Å². The summed E-state index contributed by atoms with van der Waals surface area (Å²) in [7, 11) is 1.67. The van der Waals surface area contributed by atoms with Crippen LogP contribution in [-0.4, -0.2) is 95.3 Å². The van der Waals surface area contributed by atoms with Gasteiger partial charge in [0.2, 0.25) is 0 Å². The van der Waals surface area contributed by atoms with Crippen molar-refractivity contribution in [3.8, 4) is 51.4 Å². The minimum atomic E-state index is -1.08. The van der Waals surface area contributed by atoms with Crippen LogP contribution in [0.2, 0.25) is 0 Å². The van der Waals surface area contributed by atoms with Crippen molar-refractivity contribution < 1.29 is 59.1 Å². The summed E-state index contributed by atoms with van der Waals surface area (Å²) >= 11 is 0. The Kier molecular flexibility index (Phi) is 15.5. The number of methoxy groups -OCH3 is 1. The van der Waals surface area contributed by atoms with Crippen LogP contribution in [0.25, 0.3) is 21.9 Å². The number of hydrogen-bond acceptors (Lipinski definition) is 13. The highest BCUT2D eigenvalue weighted by Gasteiger charge is 2.50. The largest absolute Gasteiger partial charge is 0.508 e. The van der Waals surface area contributed by atoms with E-state index in [2.05, 4.69) is 5.32 Å². The Labute approximate surface area is 398 Å². The maximum atomic E-state index is 13.1. The van der Waals surface area contributed by atoms with Crippen LogP contribution in [0.5, 0.6) is 40.2 Å². The predicted molar refractivity (Wildman–Crippen MR) is 258 cm³/mol. The first kappa shape index (κ1) is 47.8. The van der Waals surface area contributed by atoms with E-state index in [4.69, 9.17) is 28.4 Å². The van der Waals surface area contributed by atoms with E-state index in [1.807, 2.05) is 36.4 Å². The number of nitrogens with one attached hydrogen (secondary N) is 1. The molecular formula is C55H67NO12. The Morgan fingerprint density at radius 2 is 1.50 bits per heavy atom. The van der Waals surface area contributed by atoms with E-state index in [-0.39, 0.29) is 62.4 Å². The number of aliphatic hydroxyl groups excluding tert-OH is 3. The molecule has 5 aromatic rings. The molecule has 2 saturated carbocycles. The predicted octanol–water partition coefficient (Wildman–Crippen LogP) is 9.14. The quantitative estimate of drug-likeness (QED) is 0.0307. The van der Waals surface area contributed by atoms with Crippen LogP contribution in [0.1, 0.15) is 112 Å². The molecule has 6 atom stereocenters. The number of ether oxygens (including phenoxy) is 6. The molecule has 2 fully saturated rings. The molecule has 0 amide bonds. The standard InChI is InChI=1S/C55H67NO12/c1-63-22-8-15-49-51(55(67-41(20-21-57)30-56-32-58)47-29-50(66-40-11-3-2-4-12-40)45-27-38(61)17-19-44(45)54(47)68-49)48-31-64-53-35(26-42(28-46(53)52(48)62)65-39-13-5-6-14-39)23-34-25-37(60)16-18-43(34)33-9-7-10-36(59)24-33/h7,9-10,16-19,24-29,39-41,48-49,51-52,55-62H,2-6,8,11-15,20-23,30-32H2,1H3. The van der Waals surface area contributed by atoms with Gasteiger partial charge in [-0.1, -0.05) is 24.6 Å². The van der Waals surface area contributed by atoms with Crippen molar-refractivity contribution in [2.75, 3.05) is 40.2 Å². The molecule has 6 unspecified atom stereocenters. The van der Waals surface area contributed by atoms with Gasteiger partial charge in [0.1, 0.15) is 46.4 Å². The SMILES string of the molecule is COCCCC1Oc2c(cc(OC3CCCCC3)c3cc(O)ccc23)C(OC(CCO)CNCO)C1C1COc2c(Cc3cc(O)ccc3-c3cccc(O)c3)cc(OC3CCCC3)cc2C1O. The molecule has 7 N–H and O–H groups in total. The summed E-state index contributed by atoms with van der Waals surface area (Å²) in [6.45, 7) is 0.432. The number of benzene rings is 5. The van der Waals surface area contributed by atoms with Crippen LogP contribution in [0, 0.1) is 11.8 Å². The molecule has 2 aliphatic carbocycles. The van der Waals surface area contributed by atoms with Gasteiger partial charge in [0.15, 0.2) is 0 Å². The minimum absolute atomic E-state index is 0.000365. The fourth-order valence-corrected chi connectivity index (χ4v) is 11.1. The third-order valence-corrected chi connectivity index (χ3v) is 14.4. The van der Waals surface area contributed by atoms with Gasteiger partial charge in [0.05, 0.1) is 43.9 Å². The van der Waals surface area contributed by atoms with E-state index < -0.39 is 36.3 Å². The summed E-state index contributed by atoms with van der Waals surface area (Å²) in [4.78, 5) is 0. The van der Waals surface area contributed by atoms with Crippen LogP contribution >= 0.6 is 0 Å². The second-order valence-electron chi connectivity index (χ2n) is 19.1. The maximum Gasteiger partial charge on any atom is 0.133 e. The lowest BCUT2D eigenvalue weighted by Crippen LogP contribution is -2.48. The van der Waals surface area contributed by atoms with Crippen molar-refractivity contribution in [3.63, 3.8) is 0 Å². The third kappa shape index (κ3) is 10.6. The fourth-order valence-electron chi connectivity index (χ4n) is 11.1. The molecule has 9 rings (SSSR count). The molecular weight excluding hydrogens is 867 g/mol. The number of aliphatic hydroxyl groups is 3. The van der Waals surface area contributed by atoms with Crippen molar-refractivity contribution in [3.05, 3.63) is 101 Å². The summed E-state index contributed by atoms with van der Waals surface area (Å²) in [6, 6.07) is 23.4. The lowest BCUT2D eigenvalue weighted by atomic mass is 9.72. The van der Waals surface area contributed by atoms with Gasteiger partial charge in [0.25, 0.3) is 0 Å². The van der Waals surface area contributed by atoms with Crippen LogP contribution in [0.15, 0.2) is 78.9 Å². The minimum Gasteiger partial charge on any atom is -0.508 e. The van der Waals surface area contributed by atoms with Gasteiger partial charge in [-0.15, -0.1) is 0 Å². The van der Waals surface area contributed by atoms with Crippen LogP contribution in [0.4, 0.5) is 0 Å². The molecule has 0 saturated heterocycles. The van der Waals surface area contributed by atoms with Gasteiger partial charge in [-0.2, -0.15) is 0 Å². The highest BCUT2D eigenvalue weighted by Crippen LogP contribution is 2.55. The average molecular weight is 934 g/mol. The molecule has 4 aliphatic rings. The molecule has 0 radical (unpaired) electrons. The van der Waals surface area contributed by atoms with Crippen molar-refractivity contribution in [1.29, 1.82) is 0 Å². The highest BCUT2D eigenvalue weighted by atomic mass is 16.5. The molecule has 5 aromatic carbocycles. The molecule has 0 bridgehead atoms. The van der Waals surface area contributed by atoms with E-state index in [0.717, 1.165) is 96.4 Å². The highest BCUT2D eigenvalue weighted by molar-refractivity contribution is 5.96. The Bertz CT molecular complexity index is 2480. The van der Waals surface area contributed by atoms with Crippen LogP contribution in [-0.2, 0) is 15.9 Å². The normalized spacial score (nSPS) is 22.3. The topological polar surface area (TPSA) is 189 Å². The molecule has 13 heteroatoms. The smallest absolute Gasteiger partial charge is 0.133 e. The molecule has 2 aliphatic heterocycles. The Morgan fingerprint density at radius 3 is 2.26 bits per heavy atom. The van der Waals surface area contributed by atoms with Crippen molar-refractivity contribution >= 4 is 10.8 Å². The van der Waals surface area contributed by atoms with Crippen molar-refractivity contribution in [1.82, 2.24) is 5.32 Å². The van der Waals surface area contributed by atoms with E-state index in [1.165, 1.54) is 0 Å². The summed E-state index contributed by atoms with van der Waals surface area (Å²) in [6.07, 6.45) is 8.20. The zero-order chi connectivity index (χ0) is 47.1. The van der Waals surface area contributed by atoms with Gasteiger partial charge in [-0.25, -0.2) is 0 Å². The van der Waals surface area contributed by atoms with Gasteiger partial charge < -0.3 is 59.1 Å². The second-order valence-corrected chi connectivity index (χ2v) is 19.1. The van der Waals surface area contributed by atoms with Gasteiger partial charge in [-0.3, -0.25) is 5.32 Å². The molecule has 364 valence electrons.